The molecule has 0 heterocycles. The molecule has 0 aliphatic rings. The van der Waals surface area contributed by atoms with Gasteiger partial charge in [0.2, 0.25) is 0 Å². The van der Waals surface area contributed by atoms with Crippen LogP contribution in [0.1, 0.15) is 53.0 Å². The van der Waals surface area contributed by atoms with Gasteiger partial charge in [0.05, 0.1) is 10.5 Å². The van der Waals surface area contributed by atoms with Crippen molar-refractivity contribution >= 4 is 17.7 Å². The van der Waals surface area contributed by atoms with Crippen LogP contribution in [-0.2, 0) is 11.3 Å². The number of hydrogen-bond donors (Lipinski definition) is 3. The minimum absolute atomic E-state index is 0.0557. The fraction of sp³-hybridized carbons (Fsp3) is 0.600. The lowest BCUT2D eigenvalue weighted by molar-refractivity contribution is -0.384. The summed E-state index contributed by atoms with van der Waals surface area (Å²) in [5.74, 6) is 0.570. The molecule has 1 aromatic rings. The Kier molecular flexibility index (Phi) is 8.87. The summed E-state index contributed by atoms with van der Waals surface area (Å²) in [4.78, 5) is 26.7. The van der Waals surface area contributed by atoms with Crippen LogP contribution in [0.15, 0.2) is 29.3 Å². The SMILES string of the molecule is CCC(CC)(CNC(=NC)NCc1ccc([N+](=O)[O-])cc1)NC(=O)OC(C)(C)C. The van der Waals surface area contributed by atoms with Crippen LogP contribution in [-0.4, -0.2) is 41.7 Å². The first-order valence-corrected chi connectivity index (χ1v) is 9.73. The number of nitro benzene ring substituents is 1. The normalized spacial score (nSPS) is 12.3. The number of alkyl carbamates (subject to hydrolysis) is 1. The van der Waals surface area contributed by atoms with Gasteiger partial charge in [-0.15, -0.1) is 0 Å². The van der Waals surface area contributed by atoms with Gasteiger partial charge in [-0.3, -0.25) is 15.1 Å². The third kappa shape index (κ3) is 8.37. The van der Waals surface area contributed by atoms with Gasteiger partial charge in [0.15, 0.2) is 5.96 Å². The second kappa shape index (κ2) is 10.6. The Bertz CT molecular complexity index is 707. The van der Waals surface area contributed by atoms with E-state index < -0.39 is 22.2 Å². The average molecular weight is 408 g/mol. The van der Waals surface area contributed by atoms with E-state index in [4.69, 9.17) is 4.74 Å². The van der Waals surface area contributed by atoms with Crippen molar-refractivity contribution in [3.05, 3.63) is 39.9 Å². The molecule has 162 valence electrons. The van der Waals surface area contributed by atoms with Crippen LogP contribution in [0.5, 0.6) is 0 Å². The van der Waals surface area contributed by atoms with E-state index in [0.29, 0.717) is 19.0 Å². The molecule has 9 nitrogen and oxygen atoms in total. The Hall–Kier alpha value is -2.84. The number of rotatable bonds is 8. The Labute approximate surface area is 172 Å². The van der Waals surface area contributed by atoms with Gasteiger partial charge in [-0.25, -0.2) is 4.79 Å². The standard InChI is InChI=1S/C20H33N5O4/c1-7-20(8-2,24-18(26)29-19(3,4)5)14-23-17(21-6)22-13-15-9-11-16(12-10-15)25(27)28/h9-12H,7-8,13-14H2,1-6H3,(H,24,26)(H2,21,22,23). The number of aliphatic imine (C=N–C) groups is 1. The summed E-state index contributed by atoms with van der Waals surface area (Å²) in [5.41, 5.74) is -0.0942. The van der Waals surface area contributed by atoms with E-state index in [1.807, 2.05) is 34.6 Å². The zero-order valence-corrected chi connectivity index (χ0v) is 18.2. The van der Waals surface area contributed by atoms with Crippen molar-refractivity contribution in [2.45, 2.75) is 65.1 Å². The number of carbonyl (C=O) groups is 1. The quantitative estimate of drug-likeness (QED) is 0.263. The number of guanidine groups is 1. The molecule has 3 N–H and O–H groups in total. The lowest BCUT2D eigenvalue weighted by atomic mass is 9.93. The maximum absolute atomic E-state index is 12.2. The smallest absolute Gasteiger partial charge is 0.408 e. The van der Waals surface area contributed by atoms with E-state index in [1.165, 1.54) is 12.1 Å². The summed E-state index contributed by atoms with van der Waals surface area (Å²) in [5, 5.41) is 20.1. The molecule has 0 fully saturated rings. The zero-order valence-electron chi connectivity index (χ0n) is 18.2. The zero-order chi connectivity index (χ0) is 22.1. The van der Waals surface area contributed by atoms with Gasteiger partial charge in [-0.05, 0) is 39.2 Å². The van der Waals surface area contributed by atoms with E-state index in [9.17, 15) is 14.9 Å². The highest BCUT2D eigenvalue weighted by molar-refractivity contribution is 5.79. The first-order chi connectivity index (χ1) is 13.5. The summed E-state index contributed by atoms with van der Waals surface area (Å²) in [6.07, 6.45) is 0.987. The first kappa shape index (κ1) is 24.2. The monoisotopic (exact) mass is 407 g/mol. The molecule has 0 saturated heterocycles. The van der Waals surface area contributed by atoms with Crippen LogP contribution < -0.4 is 16.0 Å². The van der Waals surface area contributed by atoms with Crippen molar-refractivity contribution in [1.29, 1.82) is 0 Å². The number of carbonyl (C=O) groups excluding carboxylic acids is 1. The summed E-state index contributed by atoms with van der Waals surface area (Å²) < 4.78 is 5.39. The molecular formula is C20H33N5O4. The molecule has 1 rings (SSSR count). The van der Waals surface area contributed by atoms with Gasteiger partial charge >= 0.3 is 6.09 Å². The highest BCUT2D eigenvalue weighted by atomic mass is 16.6. The van der Waals surface area contributed by atoms with Crippen LogP contribution in [0.25, 0.3) is 0 Å². The lowest BCUT2D eigenvalue weighted by Gasteiger charge is -2.34. The maximum atomic E-state index is 12.2. The number of non-ortho nitro benzene ring substituents is 1. The number of nitrogens with zero attached hydrogens (tertiary/aromatic N) is 2. The molecule has 0 atom stereocenters. The third-order valence-corrected chi connectivity index (χ3v) is 4.54. The predicted molar refractivity (Wildman–Crippen MR) is 114 cm³/mol. The van der Waals surface area contributed by atoms with Crippen LogP contribution in [0.3, 0.4) is 0 Å². The molecule has 0 bridgehead atoms. The number of nitrogens with one attached hydrogen (secondary N) is 3. The molecule has 29 heavy (non-hydrogen) atoms. The van der Waals surface area contributed by atoms with Crippen molar-refractivity contribution in [1.82, 2.24) is 16.0 Å². The molecule has 1 aromatic carbocycles. The Morgan fingerprint density at radius 2 is 1.72 bits per heavy atom. The summed E-state index contributed by atoms with van der Waals surface area (Å²) in [6.45, 7) is 10.4. The first-order valence-electron chi connectivity index (χ1n) is 9.73. The van der Waals surface area contributed by atoms with Gasteiger partial charge in [0.25, 0.3) is 5.69 Å². The minimum atomic E-state index is -0.562. The molecule has 1 amide bonds. The van der Waals surface area contributed by atoms with Gasteiger partial charge in [-0.2, -0.15) is 0 Å². The van der Waals surface area contributed by atoms with E-state index >= 15 is 0 Å². The minimum Gasteiger partial charge on any atom is -0.444 e. The van der Waals surface area contributed by atoms with Gasteiger partial charge in [-0.1, -0.05) is 26.0 Å². The van der Waals surface area contributed by atoms with Gasteiger partial charge in [0, 0.05) is 32.3 Å². The molecule has 0 radical (unpaired) electrons. The van der Waals surface area contributed by atoms with Crippen molar-refractivity contribution in [3.63, 3.8) is 0 Å². The van der Waals surface area contributed by atoms with Crippen LogP contribution in [0, 0.1) is 10.1 Å². The fourth-order valence-corrected chi connectivity index (χ4v) is 2.64. The lowest BCUT2D eigenvalue weighted by Crippen LogP contribution is -2.57. The molecular weight excluding hydrogens is 374 g/mol. The molecule has 0 unspecified atom stereocenters. The van der Waals surface area contributed by atoms with Gasteiger partial charge in [0.1, 0.15) is 5.60 Å². The number of ether oxygens (including phenoxy) is 1. The van der Waals surface area contributed by atoms with Crippen LogP contribution in [0.4, 0.5) is 10.5 Å². The highest BCUT2D eigenvalue weighted by Gasteiger charge is 2.30. The third-order valence-electron chi connectivity index (χ3n) is 4.54. The van der Waals surface area contributed by atoms with E-state index in [0.717, 1.165) is 18.4 Å². The van der Waals surface area contributed by atoms with Crippen molar-refractivity contribution in [2.24, 2.45) is 4.99 Å². The van der Waals surface area contributed by atoms with Crippen molar-refractivity contribution in [3.8, 4) is 0 Å². The van der Waals surface area contributed by atoms with E-state index in [-0.39, 0.29) is 5.69 Å². The molecule has 0 aliphatic heterocycles. The van der Waals surface area contributed by atoms with Crippen LogP contribution in [0.2, 0.25) is 0 Å². The van der Waals surface area contributed by atoms with Crippen LogP contribution >= 0.6 is 0 Å². The Balaban J connectivity index is 2.66. The van der Waals surface area contributed by atoms with E-state index in [1.54, 1.807) is 19.2 Å². The second-order valence-electron chi connectivity index (χ2n) is 7.82. The number of benzene rings is 1. The summed E-state index contributed by atoms with van der Waals surface area (Å²) in [6, 6.07) is 6.34. The predicted octanol–water partition coefficient (Wildman–Crippen LogP) is 3.34. The number of hydrogen-bond acceptors (Lipinski definition) is 5. The maximum Gasteiger partial charge on any atom is 0.408 e. The Morgan fingerprint density at radius 1 is 1.14 bits per heavy atom. The van der Waals surface area contributed by atoms with Gasteiger partial charge < -0.3 is 20.7 Å². The second-order valence-corrected chi connectivity index (χ2v) is 7.82. The highest BCUT2D eigenvalue weighted by Crippen LogP contribution is 2.16. The molecule has 0 aliphatic carbocycles. The fourth-order valence-electron chi connectivity index (χ4n) is 2.64. The van der Waals surface area contributed by atoms with Crippen molar-refractivity contribution < 1.29 is 14.5 Å². The molecule has 0 saturated carbocycles. The average Bonchev–Trinajstić information content (AvgIpc) is 2.66. The number of amides is 1. The van der Waals surface area contributed by atoms with E-state index in [2.05, 4.69) is 20.9 Å². The molecule has 9 heteroatoms. The molecule has 0 spiro atoms. The van der Waals surface area contributed by atoms with Crippen molar-refractivity contribution in [2.75, 3.05) is 13.6 Å². The topological polar surface area (TPSA) is 118 Å². The Morgan fingerprint density at radius 3 is 2.17 bits per heavy atom. The largest absolute Gasteiger partial charge is 0.444 e. The summed E-state index contributed by atoms with van der Waals surface area (Å²) >= 11 is 0. The molecule has 0 aromatic heterocycles. The summed E-state index contributed by atoms with van der Waals surface area (Å²) in [7, 11) is 1.66. The number of nitro groups is 1.